The lowest BCUT2D eigenvalue weighted by molar-refractivity contribution is 0.0368. The van der Waals surface area contributed by atoms with Crippen molar-refractivity contribution in [3.05, 3.63) is 36.0 Å². The van der Waals surface area contributed by atoms with Crippen molar-refractivity contribution in [2.75, 3.05) is 33.0 Å². The molecule has 0 radical (unpaired) electrons. The van der Waals surface area contributed by atoms with Gasteiger partial charge >= 0.3 is 0 Å². The highest BCUT2D eigenvalue weighted by Gasteiger charge is 2.32. The van der Waals surface area contributed by atoms with Crippen LogP contribution in [0, 0.1) is 0 Å². The first-order valence-electron chi connectivity index (χ1n) is 9.76. The van der Waals surface area contributed by atoms with Gasteiger partial charge in [0, 0.05) is 31.7 Å². The first kappa shape index (κ1) is 17.4. The number of amides is 1. The molecule has 3 aliphatic heterocycles. The number of hydrogen-bond donors (Lipinski definition) is 0. The summed E-state index contributed by atoms with van der Waals surface area (Å²) < 4.78 is 21.8. The molecule has 3 aliphatic rings. The number of carbonyl (C=O) groups excluding carboxylic acids is 1. The van der Waals surface area contributed by atoms with E-state index >= 15 is 0 Å². The Labute approximate surface area is 163 Å². The van der Waals surface area contributed by atoms with Gasteiger partial charge in [-0.1, -0.05) is 6.42 Å². The van der Waals surface area contributed by atoms with Crippen LogP contribution in [0.25, 0.3) is 0 Å². The normalized spacial score (nSPS) is 21.4. The minimum atomic E-state index is -0.0664. The second-order valence-electron chi connectivity index (χ2n) is 7.37. The van der Waals surface area contributed by atoms with Crippen LogP contribution >= 0.6 is 0 Å². The third-order valence-electron chi connectivity index (χ3n) is 5.60. The van der Waals surface area contributed by atoms with Crippen LogP contribution in [0.2, 0.25) is 0 Å². The van der Waals surface area contributed by atoms with Gasteiger partial charge in [0.05, 0.1) is 0 Å². The SMILES string of the molecule is O=C(c1coc(COc2ccc3c(c2)OCO3)n1)N1CCN2CCCC[C@@H]2C1. The van der Waals surface area contributed by atoms with Crippen LogP contribution in [-0.2, 0) is 6.61 Å². The van der Waals surface area contributed by atoms with E-state index in [1.54, 1.807) is 18.2 Å². The molecule has 0 bridgehead atoms. The van der Waals surface area contributed by atoms with Crippen molar-refractivity contribution >= 4 is 5.91 Å². The Balaban J connectivity index is 1.19. The number of nitrogens with zero attached hydrogens (tertiary/aromatic N) is 3. The van der Waals surface area contributed by atoms with E-state index in [1.807, 2.05) is 4.90 Å². The molecule has 8 heteroatoms. The summed E-state index contributed by atoms with van der Waals surface area (Å²) >= 11 is 0. The van der Waals surface area contributed by atoms with E-state index < -0.39 is 0 Å². The molecule has 0 N–H and O–H groups in total. The van der Waals surface area contributed by atoms with Crippen molar-refractivity contribution in [1.29, 1.82) is 0 Å². The summed E-state index contributed by atoms with van der Waals surface area (Å²) in [5.74, 6) is 2.29. The molecule has 0 aliphatic carbocycles. The Morgan fingerprint density at radius 2 is 2.11 bits per heavy atom. The van der Waals surface area contributed by atoms with Gasteiger partial charge in [-0.25, -0.2) is 4.98 Å². The van der Waals surface area contributed by atoms with Crippen LogP contribution in [-0.4, -0.2) is 59.7 Å². The summed E-state index contributed by atoms with van der Waals surface area (Å²) in [5.41, 5.74) is 0.341. The highest BCUT2D eigenvalue weighted by Crippen LogP contribution is 2.35. The number of fused-ring (bicyclic) bond motifs is 2. The second kappa shape index (κ2) is 7.35. The number of ether oxygens (including phenoxy) is 3. The molecule has 1 aromatic carbocycles. The first-order valence-corrected chi connectivity index (χ1v) is 9.76. The molecule has 148 valence electrons. The number of piperazine rings is 1. The predicted molar refractivity (Wildman–Crippen MR) is 98.5 cm³/mol. The highest BCUT2D eigenvalue weighted by molar-refractivity contribution is 5.92. The maximum Gasteiger partial charge on any atom is 0.275 e. The molecule has 5 rings (SSSR count). The van der Waals surface area contributed by atoms with Gasteiger partial charge in [-0.2, -0.15) is 0 Å². The summed E-state index contributed by atoms with van der Waals surface area (Å²) in [5, 5.41) is 0. The molecule has 2 fully saturated rings. The molecule has 1 atom stereocenters. The highest BCUT2D eigenvalue weighted by atomic mass is 16.7. The number of hydrogen-bond acceptors (Lipinski definition) is 7. The number of carbonyl (C=O) groups is 1. The fourth-order valence-corrected chi connectivity index (χ4v) is 4.09. The monoisotopic (exact) mass is 385 g/mol. The lowest BCUT2D eigenvalue weighted by atomic mass is 9.99. The van der Waals surface area contributed by atoms with Crippen molar-refractivity contribution in [2.45, 2.75) is 31.9 Å². The number of aromatic nitrogens is 1. The van der Waals surface area contributed by atoms with E-state index in [-0.39, 0.29) is 19.3 Å². The van der Waals surface area contributed by atoms with E-state index in [2.05, 4.69) is 9.88 Å². The maximum atomic E-state index is 12.8. The molecule has 1 aromatic heterocycles. The third kappa shape index (κ3) is 3.40. The quantitative estimate of drug-likeness (QED) is 0.799. The summed E-state index contributed by atoms with van der Waals surface area (Å²) in [4.78, 5) is 21.5. The molecular weight excluding hydrogens is 362 g/mol. The van der Waals surface area contributed by atoms with Gasteiger partial charge in [0.1, 0.15) is 12.0 Å². The van der Waals surface area contributed by atoms with E-state index in [9.17, 15) is 4.79 Å². The van der Waals surface area contributed by atoms with Crippen molar-refractivity contribution in [1.82, 2.24) is 14.8 Å². The molecule has 8 nitrogen and oxygen atoms in total. The minimum absolute atomic E-state index is 0.0664. The van der Waals surface area contributed by atoms with Gasteiger partial charge in [0.2, 0.25) is 12.7 Å². The van der Waals surface area contributed by atoms with Crippen LogP contribution in [0.1, 0.15) is 35.6 Å². The van der Waals surface area contributed by atoms with Crippen LogP contribution in [0.4, 0.5) is 0 Å². The van der Waals surface area contributed by atoms with Crippen molar-refractivity contribution < 1.29 is 23.4 Å². The number of benzene rings is 1. The first-order chi connectivity index (χ1) is 13.8. The van der Waals surface area contributed by atoms with E-state index in [0.717, 1.165) is 32.6 Å². The summed E-state index contributed by atoms with van der Waals surface area (Å²) in [6.07, 6.45) is 5.10. The molecule has 1 amide bonds. The summed E-state index contributed by atoms with van der Waals surface area (Å²) in [6, 6.07) is 5.84. The average molecular weight is 385 g/mol. The predicted octanol–water partition coefficient (Wildman–Crippen LogP) is 2.29. The Bertz CT molecular complexity index is 867. The smallest absolute Gasteiger partial charge is 0.275 e. The zero-order chi connectivity index (χ0) is 18.9. The lowest BCUT2D eigenvalue weighted by Gasteiger charge is -2.43. The van der Waals surface area contributed by atoms with Crippen LogP contribution in [0.5, 0.6) is 17.2 Å². The molecule has 0 saturated carbocycles. The lowest BCUT2D eigenvalue weighted by Crippen LogP contribution is -2.56. The molecule has 4 heterocycles. The van der Waals surface area contributed by atoms with Gasteiger partial charge in [-0.3, -0.25) is 9.69 Å². The third-order valence-corrected chi connectivity index (χ3v) is 5.60. The van der Waals surface area contributed by atoms with Gasteiger partial charge in [0.15, 0.2) is 23.8 Å². The van der Waals surface area contributed by atoms with Gasteiger partial charge in [-0.05, 0) is 31.5 Å². The summed E-state index contributed by atoms with van der Waals surface area (Å²) in [6.45, 7) is 3.97. The Morgan fingerprint density at radius 3 is 3.07 bits per heavy atom. The van der Waals surface area contributed by atoms with E-state index in [0.29, 0.717) is 34.9 Å². The number of piperidine rings is 1. The Kier molecular flexibility index (Phi) is 4.56. The van der Waals surface area contributed by atoms with Gasteiger partial charge in [-0.15, -0.1) is 0 Å². The fraction of sp³-hybridized carbons (Fsp3) is 0.500. The fourth-order valence-electron chi connectivity index (χ4n) is 4.09. The molecule has 2 aromatic rings. The van der Waals surface area contributed by atoms with Crippen molar-refractivity contribution in [3.8, 4) is 17.2 Å². The molecular formula is C20H23N3O5. The Morgan fingerprint density at radius 1 is 1.18 bits per heavy atom. The zero-order valence-electron chi connectivity index (χ0n) is 15.6. The topological polar surface area (TPSA) is 77.3 Å². The summed E-state index contributed by atoms with van der Waals surface area (Å²) in [7, 11) is 0. The largest absolute Gasteiger partial charge is 0.484 e. The van der Waals surface area contributed by atoms with E-state index in [1.165, 1.54) is 19.1 Å². The number of oxazole rings is 1. The zero-order valence-corrected chi connectivity index (χ0v) is 15.6. The van der Waals surface area contributed by atoms with Crippen LogP contribution in [0.15, 0.2) is 28.9 Å². The van der Waals surface area contributed by atoms with Crippen LogP contribution < -0.4 is 14.2 Å². The molecule has 28 heavy (non-hydrogen) atoms. The van der Waals surface area contributed by atoms with Gasteiger partial charge < -0.3 is 23.5 Å². The molecule has 0 unspecified atom stereocenters. The van der Waals surface area contributed by atoms with E-state index in [4.69, 9.17) is 18.6 Å². The second-order valence-corrected chi connectivity index (χ2v) is 7.37. The minimum Gasteiger partial charge on any atom is -0.484 e. The van der Waals surface area contributed by atoms with Crippen LogP contribution in [0.3, 0.4) is 0 Å². The molecule has 2 saturated heterocycles. The molecule has 0 spiro atoms. The number of rotatable bonds is 4. The standard InChI is InChI=1S/C20H23N3O5/c24-20(23-8-7-22-6-2-1-3-14(22)10-23)16-11-26-19(21-16)12-25-15-4-5-17-18(9-15)28-13-27-17/h4-5,9,11,14H,1-3,6-8,10,12-13H2/t14-/m1/s1. The average Bonchev–Trinajstić information content (AvgIpc) is 3.40. The maximum absolute atomic E-state index is 12.8. The van der Waals surface area contributed by atoms with Crippen molar-refractivity contribution in [2.24, 2.45) is 0 Å². The van der Waals surface area contributed by atoms with Crippen molar-refractivity contribution in [3.63, 3.8) is 0 Å². The Hall–Kier alpha value is -2.74. The van der Waals surface area contributed by atoms with Gasteiger partial charge in [0.25, 0.3) is 5.91 Å².